The molecular weight excluding hydrogens is 304 g/mol. The molecule has 0 saturated heterocycles. The van der Waals surface area contributed by atoms with Crippen LogP contribution >= 0.6 is 0 Å². The third-order valence-corrected chi connectivity index (χ3v) is 4.37. The van der Waals surface area contributed by atoms with E-state index in [4.69, 9.17) is 4.74 Å². The maximum Gasteiger partial charge on any atom is 0.315 e. The van der Waals surface area contributed by atoms with E-state index >= 15 is 0 Å². The van der Waals surface area contributed by atoms with Gasteiger partial charge in [-0.15, -0.1) is 0 Å². The molecule has 6 heteroatoms. The zero-order valence-corrected chi connectivity index (χ0v) is 14.1. The fourth-order valence-corrected chi connectivity index (χ4v) is 3.06. The molecule has 2 amide bonds. The van der Waals surface area contributed by atoms with E-state index in [1.54, 1.807) is 10.9 Å². The molecule has 0 radical (unpaired) electrons. The Balaban J connectivity index is 1.53. The number of nitrogens with zero attached hydrogens (tertiary/aromatic N) is 2. The molecule has 3 atom stereocenters. The molecule has 1 heterocycles. The molecule has 24 heavy (non-hydrogen) atoms. The molecule has 0 unspecified atom stereocenters. The van der Waals surface area contributed by atoms with Gasteiger partial charge in [0.2, 0.25) is 0 Å². The van der Waals surface area contributed by atoms with E-state index < -0.39 is 0 Å². The lowest BCUT2D eigenvalue weighted by atomic mass is 10.2. The average molecular weight is 328 g/mol. The first kappa shape index (κ1) is 16.4. The summed E-state index contributed by atoms with van der Waals surface area (Å²) in [4.78, 5) is 12.3. The molecule has 3 rings (SSSR count). The van der Waals surface area contributed by atoms with Gasteiger partial charge in [0.25, 0.3) is 0 Å². The number of carbonyl (C=O) groups is 1. The van der Waals surface area contributed by atoms with Crippen LogP contribution in [-0.2, 0) is 7.05 Å². The molecule has 0 aliphatic heterocycles. The SMILES string of the molecule is C[C@H](NC(=O)N[C@@H]1CCC[C@@H]1Oc1ccccc1)c1cnn(C)c1. The van der Waals surface area contributed by atoms with E-state index in [0.717, 1.165) is 30.6 Å². The highest BCUT2D eigenvalue weighted by atomic mass is 16.5. The number of benzene rings is 1. The van der Waals surface area contributed by atoms with Gasteiger partial charge in [0.05, 0.1) is 18.3 Å². The van der Waals surface area contributed by atoms with Crippen molar-refractivity contribution < 1.29 is 9.53 Å². The summed E-state index contributed by atoms with van der Waals surface area (Å²) < 4.78 is 7.75. The van der Waals surface area contributed by atoms with Crippen LogP contribution in [0.25, 0.3) is 0 Å². The summed E-state index contributed by atoms with van der Waals surface area (Å²) in [6, 6.07) is 9.54. The van der Waals surface area contributed by atoms with Gasteiger partial charge in [0, 0.05) is 18.8 Å². The molecule has 6 nitrogen and oxygen atoms in total. The Kier molecular flexibility index (Phi) is 5.03. The first-order chi connectivity index (χ1) is 11.6. The topological polar surface area (TPSA) is 68.2 Å². The van der Waals surface area contributed by atoms with E-state index in [0.29, 0.717) is 0 Å². The van der Waals surface area contributed by atoms with E-state index in [-0.39, 0.29) is 24.2 Å². The number of ether oxygens (including phenoxy) is 1. The molecule has 128 valence electrons. The fourth-order valence-electron chi connectivity index (χ4n) is 3.06. The molecule has 1 aromatic carbocycles. The highest BCUT2D eigenvalue weighted by Crippen LogP contribution is 2.24. The van der Waals surface area contributed by atoms with Crippen LogP contribution in [0.5, 0.6) is 5.75 Å². The van der Waals surface area contributed by atoms with Crippen molar-refractivity contribution in [1.29, 1.82) is 0 Å². The predicted octanol–water partition coefficient (Wildman–Crippen LogP) is 2.78. The first-order valence-electron chi connectivity index (χ1n) is 8.39. The van der Waals surface area contributed by atoms with Crippen molar-refractivity contribution in [2.45, 2.75) is 44.4 Å². The summed E-state index contributed by atoms with van der Waals surface area (Å²) in [6.07, 6.45) is 6.64. The maximum absolute atomic E-state index is 12.3. The van der Waals surface area contributed by atoms with Crippen LogP contribution in [-0.4, -0.2) is 28.0 Å². The van der Waals surface area contributed by atoms with Gasteiger partial charge in [0.1, 0.15) is 11.9 Å². The third kappa shape index (κ3) is 4.07. The second-order valence-corrected chi connectivity index (χ2v) is 6.29. The predicted molar refractivity (Wildman–Crippen MR) is 91.8 cm³/mol. The Morgan fingerprint density at radius 1 is 1.33 bits per heavy atom. The van der Waals surface area contributed by atoms with Crippen molar-refractivity contribution >= 4 is 6.03 Å². The van der Waals surface area contributed by atoms with Crippen molar-refractivity contribution in [3.05, 3.63) is 48.3 Å². The van der Waals surface area contributed by atoms with Gasteiger partial charge in [-0.1, -0.05) is 18.2 Å². The number of hydrogen-bond donors (Lipinski definition) is 2. The molecule has 1 aliphatic carbocycles. The summed E-state index contributed by atoms with van der Waals surface area (Å²) in [5.41, 5.74) is 0.983. The number of aryl methyl sites for hydroxylation is 1. The van der Waals surface area contributed by atoms with Crippen LogP contribution in [0.4, 0.5) is 4.79 Å². The number of aromatic nitrogens is 2. The van der Waals surface area contributed by atoms with Gasteiger partial charge in [-0.05, 0) is 38.3 Å². The summed E-state index contributed by atoms with van der Waals surface area (Å²) in [5, 5.41) is 10.1. The molecule has 1 saturated carbocycles. The molecule has 0 spiro atoms. The number of rotatable bonds is 5. The highest BCUT2D eigenvalue weighted by Gasteiger charge is 2.30. The fraction of sp³-hybridized carbons (Fsp3) is 0.444. The Hall–Kier alpha value is -2.50. The van der Waals surface area contributed by atoms with Gasteiger partial charge in [-0.25, -0.2) is 4.79 Å². The Labute approximate surface area is 142 Å². The van der Waals surface area contributed by atoms with Crippen molar-refractivity contribution in [3.8, 4) is 5.75 Å². The van der Waals surface area contributed by atoms with E-state index in [1.807, 2.05) is 50.5 Å². The number of amides is 2. The lowest BCUT2D eigenvalue weighted by Gasteiger charge is -2.23. The molecule has 1 aromatic heterocycles. The molecule has 2 aromatic rings. The maximum atomic E-state index is 12.3. The van der Waals surface area contributed by atoms with Gasteiger partial charge in [-0.3, -0.25) is 4.68 Å². The molecular formula is C18H24N4O2. The summed E-state index contributed by atoms with van der Waals surface area (Å²) in [5.74, 6) is 0.848. The lowest BCUT2D eigenvalue weighted by molar-refractivity contribution is 0.172. The largest absolute Gasteiger partial charge is 0.488 e. The average Bonchev–Trinajstić information content (AvgIpc) is 3.18. The number of nitrogens with one attached hydrogen (secondary N) is 2. The minimum Gasteiger partial charge on any atom is -0.488 e. The van der Waals surface area contributed by atoms with Crippen molar-refractivity contribution in [2.75, 3.05) is 0 Å². The molecule has 1 aliphatic rings. The minimum atomic E-state index is -0.167. The smallest absolute Gasteiger partial charge is 0.315 e. The molecule has 2 N–H and O–H groups in total. The van der Waals surface area contributed by atoms with E-state index in [2.05, 4.69) is 15.7 Å². The third-order valence-electron chi connectivity index (χ3n) is 4.37. The van der Waals surface area contributed by atoms with Crippen LogP contribution in [0, 0.1) is 0 Å². The second kappa shape index (κ2) is 7.38. The normalized spacial score (nSPS) is 21.2. The van der Waals surface area contributed by atoms with Crippen molar-refractivity contribution in [1.82, 2.24) is 20.4 Å². The number of hydrogen-bond acceptors (Lipinski definition) is 3. The number of para-hydroxylation sites is 1. The standard InChI is InChI=1S/C18H24N4O2/c1-13(14-11-19-22(2)12-14)20-18(23)21-16-9-6-10-17(16)24-15-7-4-3-5-8-15/h3-5,7-8,11-13,16-17H,6,9-10H2,1-2H3,(H2,20,21,23)/t13-,16+,17-/m0/s1. The van der Waals surface area contributed by atoms with Crippen LogP contribution < -0.4 is 15.4 Å². The van der Waals surface area contributed by atoms with Crippen LogP contribution in [0.15, 0.2) is 42.7 Å². The van der Waals surface area contributed by atoms with Gasteiger partial charge in [-0.2, -0.15) is 5.10 Å². The Morgan fingerprint density at radius 2 is 2.12 bits per heavy atom. The van der Waals surface area contributed by atoms with E-state index in [9.17, 15) is 4.79 Å². The van der Waals surface area contributed by atoms with Crippen LogP contribution in [0.2, 0.25) is 0 Å². The van der Waals surface area contributed by atoms with Gasteiger partial charge in [0.15, 0.2) is 0 Å². The van der Waals surface area contributed by atoms with Crippen LogP contribution in [0.3, 0.4) is 0 Å². The monoisotopic (exact) mass is 328 g/mol. The Bertz CT molecular complexity index is 671. The van der Waals surface area contributed by atoms with E-state index in [1.165, 1.54) is 0 Å². The van der Waals surface area contributed by atoms with Crippen molar-refractivity contribution in [2.24, 2.45) is 7.05 Å². The number of urea groups is 1. The first-order valence-corrected chi connectivity index (χ1v) is 8.39. The van der Waals surface area contributed by atoms with Crippen LogP contribution in [0.1, 0.15) is 37.8 Å². The van der Waals surface area contributed by atoms with Crippen molar-refractivity contribution in [3.63, 3.8) is 0 Å². The Morgan fingerprint density at radius 3 is 2.83 bits per heavy atom. The van der Waals surface area contributed by atoms with Gasteiger partial charge >= 0.3 is 6.03 Å². The summed E-state index contributed by atoms with van der Waals surface area (Å²) >= 11 is 0. The zero-order valence-electron chi connectivity index (χ0n) is 14.1. The molecule has 0 bridgehead atoms. The lowest BCUT2D eigenvalue weighted by Crippen LogP contribution is -2.47. The highest BCUT2D eigenvalue weighted by molar-refractivity contribution is 5.74. The quantitative estimate of drug-likeness (QED) is 0.887. The summed E-state index contributed by atoms with van der Waals surface area (Å²) in [6.45, 7) is 1.95. The minimum absolute atomic E-state index is 0.0202. The zero-order chi connectivity index (χ0) is 16.9. The summed E-state index contributed by atoms with van der Waals surface area (Å²) in [7, 11) is 1.86. The van der Waals surface area contributed by atoms with Gasteiger partial charge < -0.3 is 15.4 Å². The second-order valence-electron chi connectivity index (χ2n) is 6.29. The molecule has 1 fully saturated rings. The number of carbonyl (C=O) groups excluding carboxylic acids is 1.